The number of benzene rings is 1. The minimum Gasteiger partial charge on any atom is -0.492 e. The first kappa shape index (κ1) is 29.8. The average Bonchev–Trinajstić information content (AvgIpc) is 3.27. The number of anilines is 2. The summed E-state index contributed by atoms with van der Waals surface area (Å²) in [6, 6.07) is 3.18. The van der Waals surface area contributed by atoms with E-state index >= 15 is 0 Å². The molecule has 6 N–H and O–H groups in total. The summed E-state index contributed by atoms with van der Waals surface area (Å²) in [5.74, 6) is -1.25. The molecule has 1 heterocycles. The summed E-state index contributed by atoms with van der Waals surface area (Å²) >= 11 is 0. The number of nitrogens with zero attached hydrogens (tertiary/aromatic N) is 1. The summed E-state index contributed by atoms with van der Waals surface area (Å²) in [6.07, 6.45) is 6.79. The van der Waals surface area contributed by atoms with E-state index < -0.39 is 16.0 Å². The van der Waals surface area contributed by atoms with E-state index in [9.17, 15) is 23.1 Å². The third-order valence-corrected chi connectivity index (χ3v) is 7.27. The van der Waals surface area contributed by atoms with E-state index in [2.05, 4.69) is 15.5 Å². The number of allylic oxidation sites excluding steroid dienone is 4. The zero-order chi connectivity index (χ0) is 29.3. The highest BCUT2D eigenvalue weighted by Crippen LogP contribution is 2.39. The minimum absolute atomic E-state index is 0.0774. The zero-order valence-corrected chi connectivity index (χ0v) is 24.4. The first-order chi connectivity index (χ1) is 18.1. The number of carbonyl (C=O) groups is 2. The van der Waals surface area contributed by atoms with Crippen molar-refractivity contribution in [3.8, 4) is 5.75 Å². The standard InChI is InChI=1S/C27H37N5O6S/c1-9-15(2)23-22(26(34)35)29-31-32(23)21-12-17(11-10-16(21)3)25(33)28-19-13-18(27(4,5)6)14-20(24(19)38-7)30-39(8,36)37/h9-11,13-14,21,29-31H,12H2,1-8H3,(H,28,33)(H,34,35)/p+1. The molecule has 1 aliphatic carbocycles. The fourth-order valence-corrected chi connectivity index (χ4v) is 5.01. The van der Waals surface area contributed by atoms with E-state index in [1.165, 1.54) is 7.11 Å². The van der Waals surface area contributed by atoms with Crippen LogP contribution in [-0.2, 0) is 25.0 Å². The van der Waals surface area contributed by atoms with Crippen LogP contribution in [0, 0.1) is 0 Å². The van der Waals surface area contributed by atoms with E-state index in [4.69, 9.17) is 4.74 Å². The van der Waals surface area contributed by atoms with E-state index in [0.717, 1.165) is 23.0 Å². The average molecular weight is 561 g/mol. The van der Waals surface area contributed by atoms with Gasteiger partial charge < -0.3 is 15.2 Å². The molecule has 0 saturated carbocycles. The number of carboxylic acids is 1. The van der Waals surface area contributed by atoms with Gasteiger partial charge in [-0.2, -0.15) is 5.01 Å². The van der Waals surface area contributed by atoms with Crippen LogP contribution in [0.1, 0.15) is 53.5 Å². The van der Waals surface area contributed by atoms with Gasteiger partial charge in [0, 0.05) is 12.0 Å². The van der Waals surface area contributed by atoms with Crippen molar-refractivity contribution in [1.29, 1.82) is 0 Å². The van der Waals surface area contributed by atoms with Crippen molar-refractivity contribution in [2.75, 3.05) is 23.4 Å². The number of carboxylic acid groups (broad SMARTS) is 1. The molecule has 1 unspecified atom stereocenters. The number of methoxy groups -OCH3 is 1. The molecule has 11 nitrogen and oxygen atoms in total. The van der Waals surface area contributed by atoms with Crippen LogP contribution >= 0.6 is 0 Å². The number of ether oxygens (including phenoxy) is 1. The fraction of sp³-hybridized carbons (Fsp3) is 0.407. The second kappa shape index (κ2) is 11.1. The smallest absolute Gasteiger partial charge is 0.359 e. The van der Waals surface area contributed by atoms with Gasteiger partial charge in [-0.1, -0.05) is 39.0 Å². The summed E-state index contributed by atoms with van der Waals surface area (Å²) in [6.45, 7) is 11.6. The van der Waals surface area contributed by atoms with Gasteiger partial charge in [-0.05, 0) is 55.0 Å². The van der Waals surface area contributed by atoms with E-state index in [1.807, 2.05) is 58.7 Å². The van der Waals surface area contributed by atoms with Crippen molar-refractivity contribution >= 4 is 33.3 Å². The molecular weight excluding hydrogens is 522 g/mol. The number of aliphatic carboxylic acids is 1. The van der Waals surface area contributed by atoms with Gasteiger partial charge in [0.25, 0.3) is 5.91 Å². The monoisotopic (exact) mass is 560 g/mol. The lowest BCUT2D eigenvalue weighted by molar-refractivity contribution is -0.829. The number of hydrogen-bond acceptors (Lipinski definition) is 7. The molecule has 0 aromatic heterocycles. The number of nitrogens with two attached hydrogens (primary N) is 1. The normalized spacial score (nSPS) is 18.3. The van der Waals surface area contributed by atoms with E-state index in [-0.39, 0.29) is 34.5 Å². The van der Waals surface area contributed by atoms with Crippen LogP contribution in [0.25, 0.3) is 0 Å². The Morgan fingerprint density at radius 1 is 1.23 bits per heavy atom. The van der Waals surface area contributed by atoms with Gasteiger partial charge in [-0.15, -0.1) is 5.53 Å². The molecule has 0 fully saturated rings. The van der Waals surface area contributed by atoms with Crippen LogP contribution in [0.3, 0.4) is 0 Å². The maximum Gasteiger partial charge on any atom is 0.359 e. The van der Waals surface area contributed by atoms with Crippen LogP contribution in [0.15, 0.2) is 58.5 Å². The lowest BCUT2D eigenvalue weighted by Crippen LogP contribution is -2.98. The summed E-state index contributed by atoms with van der Waals surface area (Å²) in [7, 11) is -2.21. The molecule has 1 aromatic carbocycles. The number of rotatable bonds is 8. The maximum atomic E-state index is 13.5. The number of sulfonamides is 1. The molecule has 2 aliphatic rings. The van der Waals surface area contributed by atoms with Gasteiger partial charge >= 0.3 is 5.97 Å². The number of quaternary nitrogens is 1. The summed E-state index contributed by atoms with van der Waals surface area (Å²) < 4.78 is 32.1. The Morgan fingerprint density at radius 2 is 1.87 bits per heavy atom. The van der Waals surface area contributed by atoms with Crippen LogP contribution in [0.2, 0.25) is 0 Å². The third kappa shape index (κ3) is 6.63. The number of hydrogen-bond donors (Lipinski definition) is 5. The highest BCUT2D eigenvalue weighted by Gasteiger charge is 2.38. The Bertz CT molecular complexity index is 1420. The Kier molecular flexibility index (Phi) is 8.51. The van der Waals surface area contributed by atoms with Crippen LogP contribution in [0.4, 0.5) is 11.4 Å². The summed E-state index contributed by atoms with van der Waals surface area (Å²) in [5.41, 5.74) is 8.33. The van der Waals surface area contributed by atoms with Crippen LogP contribution in [0.5, 0.6) is 5.75 Å². The SMILES string of the molecule is CC=C(C)C1=C(C(=O)O)N[NH2+]N1C1CC(C(=O)Nc2cc(C(C)(C)C)cc(NS(C)(=O)=O)c2OC)=CC=C1C. The maximum absolute atomic E-state index is 13.5. The van der Waals surface area contributed by atoms with E-state index in [0.29, 0.717) is 23.4 Å². The van der Waals surface area contributed by atoms with Gasteiger partial charge in [0.2, 0.25) is 15.7 Å². The molecule has 1 amide bonds. The number of nitrogens with one attached hydrogen (secondary N) is 3. The molecule has 3 rings (SSSR count). The molecule has 1 aliphatic heterocycles. The second-order valence-corrected chi connectivity index (χ2v) is 12.4. The first-order valence-corrected chi connectivity index (χ1v) is 14.3. The minimum atomic E-state index is -3.61. The Balaban J connectivity index is 1.97. The van der Waals surface area contributed by atoms with Gasteiger partial charge in [-0.25, -0.2) is 18.6 Å². The van der Waals surface area contributed by atoms with E-state index in [1.54, 1.807) is 23.7 Å². The third-order valence-electron chi connectivity index (χ3n) is 6.68. The van der Waals surface area contributed by atoms with Crippen molar-refractivity contribution in [1.82, 2.24) is 10.4 Å². The predicted molar refractivity (Wildman–Crippen MR) is 150 cm³/mol. The largest absolute Gasteiger partial charge is 0.492 e. The highest BCUT2D eigenvalue weighted by atomic mass is 32.2. The molecule has 12 heteroatoms. The number of amides is 1. The van der Waals surface area contributed by atoms with Crippen molar-refractivity contribution in [3.63, 3.8) is 0 Å². The lowest BCUT2D eigenvalue weighted by atomic mass is 9.86. The van der Waals surface area contributed by atoms with Crippen LogP contribution < -0.4 is 25.7 Å². The summed E-state index contributed by atoms with van der Waals surface area (Å²) in [4.78, 5) is 25.4. The molecule has 0 radical (unpaired) electrons. The highest BCUT2D eigenvalue weighted by molar-refractivity contribution is 7.92. The zero-order valence-electron chi connectivity index (χ0n) is 23.6. The van der Waals surface area contributed by atoms with Crippen molar-refractivity contribution < 1.29 is 33.4 Å². The molecule has 0 saturated heterocycles. The molecule has 212 valence electrons. The quantitative estimate of drug-likeness (QED) is 0.304. The lowest BCUT2D eigenvalue weighted by Gasteiger charge is -2.30. The molecule has 1 atom stereocenters. The number of carbonyl (C=O) groups excluding carboxylic acids is 1. The Hall–Kier alpha value is -3.77. The predicted octanol–water partition coefficient (Wildman–Crippen LogP) is 2.51. The summed E-state index contributed by atoms with van der Waals surface area (Å²) in [5, 5.41) is 14.5. The van der Waals surface area contributed by atoms with Gasteiger partial charge in [-0.3, -0.25) is 9.52 Å². The van der Waals surface area contributed by atoms with Crippen molar-refractivity contribution in [2.24, 2.45) is 0 Å². The molecule has 0 bridgehead atoms. The molecular formula is C27H38N5O6S+. The Labute approximate surface area is 229 Å². The second-order valence-electron chi connectivity index (χ2n) is 10.7. The van der Waals surface area contributed by atoms with Crippen molar-refractivity contribution in [3.05, 3.63) is 64.0 Å². The first-order valence-electron chi connectivity index (χ1n) is 12.5. The van der Waals surface area contributed by atoms with Gasteiger partial charge in [0.05, 0.1) is 24.7 Å². The van der Waals surface area contributed by atoms with Crippen LogP contribution in [-0.4, -0.2) is 49.8 Å². The van der Waals surface area contributed by atoms with Crippen molar-refractivity contribution in [2.45, 2.75) is 59.4 Å². The molecule has 39 heavy (non-hydrogen) atoms. The Morgan fingerprint density at radius 3 is 2.41 bits per heavy atom. The van der Waals surface area contributed by atoms with Gasteiger partial charge in [0.15, 0.2) is 5.75 Å². The van der Waals surface area contributed by atoms with Gasteiger partial charge in [0.1, 0.15) is 11.7 Å². The molecule has 0 spiro atoms. The fourth-order valence-electron chi connectivity index (χ4n) is 4.46. The topological polar surface area (TPSA) is 154 Å². The molecule has 1 aromatic rings.